The van der Waals surface area contributed by atoms with Gasteiger partial charge >= 0.3 is 0 Å². The molecule has 0 spiro atoms. The van der Waals surface area contributed by atoms with Gasteiger partial charge in [0.25, 0.3) is 0 Å². The van der Waals surface area contributed by atoms with E-state index in [1.165, 1.54) is 19.4 Å². The molecule has 6 heteroatoms. The van der Waals surface area contributed by atoms with Crippen LogP contribution in [0.25, 0.3) is 0 Å². The van der Waals surface area contributed by atoms with E-state index >= 15 is 0 Å². The average Bonchev–Trinajstić information content (AvgIpc) is 3.29. The van der Waals surface area contributed by atoms with E-state index in [2.05, 4.69) is 10.2 Å². The van der Waals surface area contributed by atoms with Gasteiger partial charge in [0.15, 0.2) is 0 Å². The smallest absolute Gasteiger partial charge is 0.238 e. The van der Waals surface area contributed by atoms with Crippen LogP contribution in [0.15, 0.2) is 29.2 Å². The maximum atomic E-state index is 11.3. The first-order valence-corrected chi connectivity index (χ1v) is 9.18. The lowest BCUT2D eigenvalue weighted by molar-refractivity contribution is 0.409. The molecule has 2 fully saturated rings. The van der Waals surface area contributed by atoms with E-state index in [1.54, 1.807) is 12.1 Å². The molecule has 1 aliphatic carbocycles. The van der Waals surface area contributed by atoms with Crippen molar-refractivity contribution in [2.45, 2.75) is 36.6 Å². The minimum Gasteiger partial charge on any atom is -0.371 e. The molecule has 1 aromatic rings. The first-order valence-electron chi connectivity index (χ1n) is 7.63. The summed E-state index contributed by atoms with van der Waals surface area (Å²) in [5, 5.41) is 8.78. The minimum atomic E-state index is -3.60. The van der Waals surface area contributed by atoms with Crippen molar-refractivity contribution in [1.29, 1.82) is 0 Å². The van der Waals surface area contributed by atoms with Crippen LogP contribution in [0.2, 0.25) is 0 Å². The van der Waals surface area contributed by atoms with E-state index in [0.717, 1.165) is 37.5 Å². The quantitative estimate of drug-likeness (QED) is 0.860. The van der Waals surface area contributed by atoms with Crippen LogP contribution in [0.5, 0.6) is 0 Å². The number of piperidine rings is 1. The van der Waals surface area contributed by atoms with E-state index in [1.807, 2.05) is 12.1 Å². The number of nitrogens with zero attached hydrogens (tertiary/aromatic N) is 1. The Bertz CT molecular complexity index is 573. The van der Waals surface area contributed by atoms with Crippen molar-refractivity contribution in [2.24, 2.45) is 11.1 Å². The Morgan fingerprint density at radius 1 is 1.10 bits per heavy atom. The lowest BCUT2D eigenvalue weighted by Gasteiger charge is -2.34. The highest BCUT2D eigenvalue weighted by Gasteiger charge is 2.24. The van der Waals surface area contributed by atoms with Gasteiger partial charge in [-0.1, -0.05) is 0 Å². The van der Waals surface area contributed by atoms with Crippen LogP contribution >= 0.6 is 0 Å². The fraction of sp³-hybridized carbons (Fsp3) is 0.600. The maximum Gasteiger partial charge on any atom is 0.238 e. The van der Waals surface area contributed by atoms with E-state index in [4.69, 9.17) is 5.14 Å². The molecule has 116 valence electrons. The Morgan fingerprint density at radius 3 is 2.24 bits per heavy atom. The van der Waals surface area contributed by atoms with Crippen molar-refractivity contribution in [3.8, 4) is 0 Å². The number of rotatable bonds is 5. The molecule has 3 rings (SSSR count). The van der Waals surface area contributed by atoms with Crippen LogP contribution < -0.4 is 15.4 Å². The largest absolute Gasteiger partial charge is 0.371 e. The van der Waals surface area contributed by atoms with Gasteiger partial charge in [0.1, 0.15) is 0 Å². The van der Waals surface area contributed by atoms with Crippen molar-refractivity contribution < 1.29 is 8.42 Å². The molecular weight excluding hydrogens is 286 g/mol. The number of hydrogen-bond acceptors (Lipinski definition) is 4. The summed E-state index contributed by atoms with van der Waals surface area (Å²) in [4.78, 5) is 2.48. The third-order valence-electron chi connectivity index (χ3n) is 4.42. The van der Waals surface area contributed by atoms with Gasteiger partial charge in [0.2, 0.25) is 10.0 Å². The van der Waals surface area contributed by atoms with Crippen LogP contribution in [0.3, 0.4) is 0 Å². The van der Waals surface area contributed by atoms with Crippen molar-refractivity contribution in [3.63, 3.8) is 0 Å². The Hall–Kier alpha value is -1.11. The zero-order valence-electron chi connectivity index (χ0n) is 12.2. The molecule has 1 saturated heterocycles. The van der Waals surface area contributed by atoms with Gasteiger partial charge in [0, 0.05) is 24.8 Å². The SMILES string of the molecule is NS(=O)(=O)c1ccc(N2CCC(NCC3CC3)CC2)cc1. The van der Waals surface area contributed by atoms with Crippen molar-refractivity contribution in [2.75, 3.05) is 24.5 Å². The summed E-state index contributed by atoms with van der Waals surface area (Å²) < 4.78 is 22.5. The van der Waals surface area contributed by atoms with E-state index in [9.17, 15) is 8.42 Å². The maximum absolute atomic E-state index is 11.3. The second-order valence-corrected chi connectivity index (χ2v) is 7.71. The third kappa shape index (κ3) is 3.96. The third-order valence-corrected chi connectivity index (χ3v) is 5.35. The molecule has 2 aliphatic rings. The molecule has 0 aromatic heterocycles. The molecule has 1 heterocycles. The van der Waals surface area contributed by atoms with Gasteiger partial charge in [-0.2, -0.15) is 0 Å². The molecule has 3 N–H and O–H groups in total. The fourth-order valence-electron chi connectivity index (χ4n) is 2.84. The molecular formula is C15H23N3O2S. The van der Waals surface area contributed by atoms with Crippen LogP contribution in [0.4, 0.5) is 5.69 Å². The highest BCUT2D eigenvalue weighted by molar-refractivity contribution is 7.89. The van der Waals surface area contributed by atoms with Crippen molar-refractivity contribution >= 4 is 15.7 Å². The minimum absolute atomic E-state index is 0.173. The van der Waals surface area contributed by atoms with Crippen LogP contribution in [-0.4, -0.2) is 34.1 Å². The molecule has 0 bridgehead atoms. The van der Waals surface area contributed by atoms with Gasteiger partial charge < -0.3 is 10.2 Å². The number of sulfonamides is 1. The molecule has 0 amide bonds. The second kappa shape index (κ2) is 5.94. The number of nitrogens with one attached hydrogen (secondary N) is 1. The number of primary sulfonamides is 1. The summed E-state index contributed by atoms with van der Waals surface area (Å²) >= 11 is 0. The molecule has 1 aromatic carbocycles. The van der Waals surface area contributed by atoms with Gasteiger partial charge in [-0.05, 0) is 62.4 Å². The number of anilines is 1. The van der Waals surface area contributed by atoms with E-state index < -0.39 is 10.0 Å². The lowest BCUT2D eigenvalue weighted by Crippen LogP contribution is -2.43. The van der Waals surface area contributed by atoms with Gasteiger partial charge in [-0.3, -0.25) is 0 Å². The molecule has 5 nitrogen and oxygen atoms in total. The van der Waals surface area contributed by atoms with Crippen molar-refractivity contribution in [3.05, 3.63) is 24.3 Å². The molecule has 0 unspecified atom stereocenters. The monoisotopic (exact) mass is 309 g/mol. The topological polar surface area (TPSA) is 75.4 Å². The number of nitrogens with two attached hydrogens (primary N) is 1. The molecule has 0 atom stereocenters. The van der Waals surface area contributed by atoms with Gasteiger partial charge in [-0.15, -0.1) is 0 Å². The molecule has 1 saturated carbocycles. The van der Waals surface area contributed by atoms with Crippen LogP contribution in [-0.2, 0) is 10.0 Å². The standard InChI is InChI=1S/C15H23N3O2S/c16-21(19,20)15-5-3-14(4-6-15)18-9-7-13(8-10-18)17-11-12-1-2-12/h3-6,12-13,17H,1-2,7-11H2,(H2,16,19,20). The molecule has 1 aliphatic heterocycles. The zero-order chi connectivity index (χ0) is 14.9. The van der Waals surface area contributed by atoms with Gasteiger partial charge in [-0.25, -0.2) is 13.6 Å². The second-order valence-electron chi connectivity index (χ2n) is 6.15. The summed E-state index contributed by atoms with van der Waals surface area (Å²) in [6, 6.07) is 7.49. The molecule has 0 radical (unpaired) electrons. The predicted molar refractivity (Wildman–Crippen MR) is 83.8 cm³/mol. The summed E-state index contributed by atoms with van der Waals surface area (Å²) in [5.74, 6) is 0.925. The Labute approximate surface area is 126 Å². The average molecular weight is 309 g/mol. The first-order chi connectivity index (χ1) is 10.0. The van der Waals surface area contributed by atoms with E-state index in [-0.39, 0.29) is 4.90 Å². The Kier molecular flexibility index (Phi) is 4.19. The normalized spacial score (nSPS) is 20.7. The molecule has 21 heavy (non-hydrogen) atoms. The Morgan fingerprint density at radius 2 is 1.71 bits per heavy atom. The van der Waals surface area contributed by atoms with Crippen LogP contribution in [0.1, 0.15) is 25.7 Å². The summed E-state index contributed by atoms with van der Waals surface area (Å²) in [6.45, 7) is 3.20. The fourth-order valence-corrected chi connectivity index (χ4v) is 3.36. The highest BCUT2D eigenvalue weighted by atomic mass is 32.2. The summed E-state index contributed by atoms with van der Waals surface area (Å²) in [5.41, 5.74) is 1.07. The van der Waals surface area contributed by atoms with Crippen LogP contribution in [0, 0.1) is 5.92 Å². The Balaban J connectivity index is 1.53. The summed E-state index contributed by atoms with van der Waals surface area (Å²) in [6.07, 6.45) is 5.07. The highest BCUT2D eigenvalue weighted by Crippen LogP contribution is 2.28. The lowest BCUT2D eigenvalue weighted by atomic mass is 10.0. The summed E-state index contributed by atoms with van der Waals surface area (Å²) in [7, 11) is -3.60. The van der Waals surface area contributed by atoms with Gasteiger partial charge in [0.05, 0.1) is 4.90 Å². The van der Waals surface area contributed by atoms with E-state index in [0.29, 0.717) is 6.04 Å². The zero-order valence-corrected chi connectivity index (χ0v) is 13.0. The first kappa shape index (κ1) is 14.8. The number of hydrogen-bond donors (Lipinski definition) is 2. The van der Waals surface area contributed by atoms with Crippen molar-refractivity contribution in [1.82, 2.24) is 5.32 Å². The number of benzene rings is 1. The predicted octanol–water partition coefficient (Wildman–Crippen LogP) is 1.30.